The molecule has 4 atom stereocenters. The number of hydrogen-bond acceptors (Lipinski definition) is 8. The van der Waals surface area contributed by atoms with Crippen LogP contribution in [0.4, 0.5) is 4.39 Å². The van der Waals surface area contributed by atoms with Gasteiger partial charge in [-0.05, 0) is 0 Å². The minimum absolute atomic E-state index is 0.530. The normalized spacial score (nSPS) is 32.3. The number of carbonyl (C=O) groups is 1. The summed E-state index contributed by atoms with van der Waals surface area (Å²) >= 11 is 0. The Morgan fingerprint density at radius 1 is 1.62 bits per heavy atom. The second kappa shape index (κ2) is 6.16. The van der Waals surface area contributed by atoms with Crippen molar-refractivity contribution in [2.24, 2.45) is 0 Å². The fourth-order valence-electron chi connectivity index (χ4n) is 2.55. The first kappa shape index (κ1) is 17.8. The fourth-order valence-corrected chi connectivity index (χ4v) is 2.55. The molecule has 0 saturated carbocycles. The second-order valence-electron chi connectivity index (χ2n) is 5.22. The lowest BCUT2D eigenvalue weighted by Gasteiger charge is -2.29. The molecule has 0 aromatic carbocycles. The number of hydrogen-bond donors (Lipinski definition) is 3. The first-order chi connectivity index (χ1) is 11.3. The van der Waals surface area contributed by atoms with Gasteiger partial charge < -0.3 is 19.7 Å². The largest absolute Gasteiger partial charge is 0.456 e. The molecule has 1 fully saturated rings. The van der Waals surface area contributed by atoms with Gasteiger partial charge in [-0.1, -0.05) is 0 Å². The van der Waals surface area contributed by atoms with Gasteiger partial charge in [0, 0.05) is 19.2 Å². The van der Waals surface area contributed by atoms with E-state index >= 15 is 0 Å². The molecule has 10 nitrogen and oxygen atoms in total. The molecule has 2 heterocycles. The molecule has 0 aliphatic carbocycles. The first-order valence-corrected chi connectivity index (χ1v) is 6.72. The van der Waals surface area contributed by atoms with Crippen LogP contribution in [-0.4, -0.2) is 56.8 Å². The Hall–Kier alpha value is -2.55. The molecule has 0 unspecified atom stereocenters. The van der Waals surface area contributed by atoms with Crippen molar-refractivity contribution < 1.29 is 28.9 Å². The molecule has 2 rings (SSSR count). The number of carbonyl (C=O) groups excluding carboxylic acids is 1. The SMILES string of the molecule is CC(=O)O[C@H]1[C@@H](O)[C@](C#N)(n2ccc(=O)[nH]c2=O)O[C@@]1(CO)CF. The third kappa shape index (κ3) is 2.50. The Morgan fingerprint density at radius 2 is 2.29 bits per heavy atom. The van der Waals surface area contributed by atoms with Crippen LogP contribution in [0.25, 0.3) is 0 Å². The summed E-state index contributed by atoms with van der Waals surface area (Å²) in [5.41, 5.74) is -6.66. The van der Waals surface area contributed by atoms with Crippen LogP contribution in [0.3, 0.4) is 0 Å². The van der Waals surface area contributed by atoms with Gasteiger partial charge in [-0.2, -0.15) is 5.26 Å². The summed E-state index contributed by atoms with van der Waals surface area (Å²) in [6.07, 6.45) is -2.91. The number of H-pyrrole nitrogens is 1. The van der Waals surface area contributed by atoms with Crippen LogP contribution in [0, 0.1) is 11.3 Å². The summed E-state index contributed by atoms with van der Waals surface area (Å²) in [5, 5.41) is 29.4. The number of nitriles is 1. The first-order valence-electron chi connectivity index (χ1n) is 6.72. The molecular weight excluding hydrogens is 329 g/mol. The average Bonchev–Trinajstić information content (AvgIpc) is 2.78. The monoisotopic (exact) mass is 343 g/mol. The molecule has 3 N–H and O–H groups in total. The fraction of sp³-hybridized carbons (Fsp3) is 0.538. The highest BCUT2D eigenvalue weighted by molar-refractivity contribution is 5.66. The summed E-state index contributed by atoms with van der Waals surface area (Å²) in [7, 11) is 0. The standard InChI is InChI=1S/C13H14FN3O7/c1-7(19)23-10-9(21)13(5-15,24-12(10,4-14)6-18)17-3-2-8(20)16-11(17)22/h2-3,9-10,18,21H,4,6H2,1H3,(H,16,20,22)/t9-,10+,12-,13-/m1/s1. The Labute approximate surface area is 133 Å². The highest BCUT2D eigenvalue weighted by Crippen LogP contribution is 2.42. The lowest BCUT2D eigenvalue weighted by Crippen LogP contribution is -2.51. The lowest BCUT2D eigenvalue weighted by molar-refractivity contribution is -0.180. The van der Waals surface area contributed by atoms with Gasteiger partial charge in [0.2, 0.25) is 0 Å². The summed E-state index contributed by atoms with van der Waals surface area (Å²) < 4.78 is 24.1. The molecule has 0 bridgehead atoms. The zero-order valence-corrected chi connectivity index (χ0v) is 12.4. The number of esters is 1. The van der Waals surface area contributed by atoms with E-state index in [-0.39, 0.29) is 0 Å². The van der Waals surface area contributed by atoms with E-state index in [1.807, 2.05) is 4.98 Å². The summed E-state index contributed by atoms with van der Waals surface area (Å²) in [6.45, 7) is -1.48. The molecule has 1 aliphatic rings. The van der Waals surface area contributed by atoms with Gasteiger partial charge in [-0.15, -0.1) is 0 Å². The van der Waals surface area contributed by atoms with E-state index < -0.39 is 54.0 Å². The maximum atomic E-state index is 13.5. The molecular formula is C13H14FN3O7. The lowest BCUT2D eigenvalue weighted by atomic mass is 9.94. The van der Waals surface area contributed by atoms with Gasteiger partial charge >= 0.3 is 11.7 Å². The Kier molecular flexibility index (Phi) is 4.57. The predicted octanol–water partition coefficient (Wildman–Crippen LogP) is -2.26. The van der Waals surface area contributed by atoms with Gasteiger partial charge in [-0.3, -0.25) is 19.1 Å². The van der Waals surface area contributed by atoms with Gasteiger partial charge in [0.25, 0.3) is 11.3 Å². The van der Waals surface area contributed by atoms with Gasteiger partial charge in [0.1, 0.15) is 12.7 Å². The Balaban J connectivity index is 2.67. The number of halogens is 1. The van der Waals surface area contributed by atoms with Crippen LogP contribution in [-0.2, 0) is 20.0 Å². The zero-order chi connectivity index (χ0) is 18.1. The smallest absolute Gasteiger partial charge is 0.331 e. The predicted molar refractivity (Wildman–Crippen MR) is 73.3 cm³/mol. The minimum Gasteiger partial charge on any atom is -0.456 e. The molecule has 0 spiro atoms. The van der Waals surface area contributed by atoms with E-state index in [4.69, 9.17) is 9.47 Å². The van der Waals surface area contributed by atoms with Gasteiger partial charge in [-0.25, -0.2) is 9.18 Å². The van der Waals surface area contributed by atoms with Crippen molar-refractivity contribution in [2.45, 2.75) is 30.5 Å². The number of nitrogens with zero attached hydrogens (tertiary/aromatic N) is 2. The molecule has 0 radical (unpaired) electrons. The van der Waals surface area contributed by atoms with E-state index in [2.05, 4.69) is 0 Å². The molecule has 130 valence electrons. The van der Waals surface area contributed by atoms with E-state index in [1.165, 1.54) is 6.07 Å². The van der Waals surface area contributed by atoms with Crippen LogP contribution in [0.1, 0.15) is 6.92 Å². The molecule has 1 aromatic heterocycles. The van der Waals surface area contributed by atoms with Crippen molar-refractivity contribution in [2.75, 3.05) is 13.3 Å². The van der Waals surface area contributed by atoms with Crippen molar-refractivity contribution in [3.05, 3.63) is 33.1 Å². The van der Waals surface area contributed by atoms with E-state index in [1.54, 1.807) is 0 Å². The topological polar surface area (TPSA) is 155 Å². The molecule has 24 heavy (non-hydrogen) atoms. The van der Waals surface area contributed by atoms with Crippen molar-refractivity contribution in [3.8, 4) is 6.07 Å². The maximum absolute atomic E-state index is 13.5. The number of aliphatic hydroxyl groups is 2. The number of rotatable bonds is 4. The van der Waals surface area contributed by atoms with E-state index in [0.29, 0.717) is 4.57 Å². The number of nitrogens with one attached hydrogen (secondary N) is 1. The third-order valence-corrected chi connectivity index (χ3v) is 3.69. The van der Waals surface area contributed by atoms with Crippen LogP contribution in [0.2, 0.25) is 0 Å². The molecule has 1 aromatic rings. The second-order valence-corrected chi connectivity index (χ2v) is 5.22. The molecule has 1 aliphatic heterocycles. The quantitative estimate of drug-likeness (QED) is 0.517. The maximum Gasteiger partial charge on any atom is 0.331 e. The number of alkyl halides is 1. The number of aliphatic hydroxyl groups excluding tert-OH is 2. The molecule has 1 saturated heterocycles. The average molecular weight is 343 g/mol. The number of aromatic nitrogens is 2. The van der Waals surface area contributed by atoms with E-state index in [0.717, 1.165) is 19.2 Å². The van der Waals surface area contributed by atoms with Crippen LogP contribution in [0.15, 0.2) is 21.9 Å². The molecule has 0 amide bonds. The number of aromatic amines is 1. The van der Waals surface area contributed by atoms with Crippen molar-refractivity contribution in [3.63, 3.8) is 0 Å². The van der Waals surface area contributed by atoms with Crippen LogP contribution < -0.4 is 11.2 Å². The third-order valence-electron chi connectivity index (χ3n) is 3.69. The molecule has 11 heteroatoms. The summed E-state index contributed by atoms with van der Waals surface area (Å²) in [5.74, 6) is -0.920. The van der Waals surface area contributed by atoms with Gasteiger partial charge in [0.15, 0.2) is 17.8 Å². The van der Waals surface area contributed by atoms with E-state index in [9.17, 15) is 34.2 Å². The zero-order valence-electron chi connectivity index (χ0n) is 12.4. The van der Waals surface area contributed by atoms with Gasteiger partial charge in [0.05, 0.1) is 6.61 Å². The minimum atomic E-state index is -2.52. The summed E-state index contributed by atoms with van der Waals surface area (Å²) in [4.78, 5) is 36.2. The Morgan fingerprint density at radius 3 is 2.75 bits per heavy atom. The van der Waals surface area contributed by atoms with Crippen molar-refractivity contribution in [1.29, 1.82) is 5.26 Å². The van der Waals surface area contributed by atoms with Crippen molar-refractivity contribution in [1.82, 2.24) is 9.55 Å². The van der Waals surface area contributed by atoms with Crippen LogP contribution >= 0.6 is 0 Å². The highest BCUT2D eigenvalue weighted by Gasteiger charge is 2.66. The number of ether oxygens (including phenoxy) is 2. The summed E-state index contributed by atoms with van der Waals surface area (Å²) in [6, 6.07) is 2.41. The van der Waals surface area contributed by atoms with Crippen LogP contribution in [0.5, 0.6) is 0 Å². The Bertz CT molecular complexity index is 794. The van der Waals surface area contributed by atoms with Crippen molar-refractivity contribution >= 4 is 5.97 Å². The highest BCUT2D eigenvalue weighted by atomic mass is 19.1.